The van der Waals surface area contributed by atoms with Gasteiger partial charge in [0.1, 0.15) is 11.6 Å². The monoisotopic (exact) mass is 499 g/mol. The lowest BCUT2D eigenvalue weighted by Gasteiger charge is -2.41. The molecule has 186 valence electrons. The number of hydrogen-bond donors (Lipinski definition) is 2. The van der Waals surface area contributed by atoms with Crippen molar-refractivity contribution >= 4 is 17.5 Å². The van der Waals surface area contributed by atoms with E-state index in [9.17, 15) is 28.0 Å². The molecule has 2 aliphatic rings. The van der Waals surface area contributed by atoms with Crippen LogP contribution in [0.4, 0.5) is 18.9 Å². The maximum absolute atomic E-state index is 14.2. The van der Waals surface area contributed by atoms with Gasteiger partial charge in [-0.05, 0) is 31.2 Å². The minimum absolute atomic E-state index is 0.0135. The number of nitrogens with one attached hydrogen (secondary N) is 2. The summed E-state index contributed by atoms with van der Waals surface area (Å²) >= 11 is 0. The number of amides is 2. The Morgan fingerprint density at radius 1 is 1.17 bits per heavy atom. The second-order valence-electron chi connectivity index (χ2n) is 8.68. The minimum Gasteiger partial charge on any atom is -0.356 e. The Labute approximate surface area is 202 Å². The molecule has 4 heterocycles. The van der Waals surface area contributed by atoms with E-state index in [1.165, 1.54) is 24.7 Å². The zero-order valence-electron chi connectivity index (χ0n) is 18.7. The van der Waals surface area contributed by atoms with E-state index < -0.39 is 29.4 Å². The maximum atomic E-state index is 14.2. The molecule has 3 unspecified atom stereocenters. The zero-order valence-corrected chi connectivity index (χ0v) is 18.7. The Morgan fingerprint density at radius 3 is 2.67 bits per heavy atom. The van der Waals surface area contributed by atoms with Gasteiger partial charge in [0.2, 0.25) is 5.91 Å². The molecule has 1 aliphatic carbocycles. The van der Waals surface area contributed by atoms with E-state index in [4.69, 9.17) is 0 Å². The van der Waals surface area contributed by atoms with E-state index in [1.54, 1.807) is 0 Å². The lowest BCUT2D eigenvalue weighted by Crippen LogP contribution is -2.47. The number of hydrogen-bond acceptors (Lipinski definition) is 7. The van der Waals surface area contributed by atoms with E-state index in [0.717, 1.165) is 15.7 Å². The van der Waals surface area contributed by atoms with Gasteiger partial charge in [-0.25, -0.2) is 4.98 Å². The van der Waals surface area contributed by atoms with Gasteiger partial charge >= 0.3 is 6.18 Å². The Morgan fingerprint density at radius 2 is 1.94 bits per heavy atom. The molecule has 36 heavy (non-hydrogen) atoms. The van der Waals surface area contributed by atoms with Crippen LogP contribution >= 0.6 is 0 Å². The van der Waals surface area contributed by atoms with Crippen LogP contribution in [0.5, 0.6) is 0 Å². The third kappa shape index (κ3) is 4.16. The summed E-state index contributed by atoms with van der Waals surface area (Å²) < 4.78 is 43.6. The van der Waals surface area contributed by atoms with E-state index in [2.05, 4.69) is 30.9 Å². The quantitative estimate of drug-likeness (QED) is 0.561. The molecule has 3 atom stereocenters. The average Bonchev–Trinajstić information content (AvgIpc) is 3.54. The highest BCUT2D eigenvalue weighted by atomic mass is 19.4. The van der Waals surface area contributed by atoms with Crippen LogP contribution in [0.3, 0.4) is 0 Å². The minimum atomic E-state index is -4.86. The number of carbonyl (C=O) groups is 2. The van der Waals surface area contributed by atoms with Crippen molar-refractivity contribution in [2.24, 2.45) is 11.8 Å². The number of rotatable bonds is 4. The van der Waals surface area contributed by atoms with Crippen molar-refractivity contribution in [1.29, 1.82) is 5.26 Å². The summed E-state index contributed by atoms with van der Waals surface area (Å²) in [4.78, 5) is 30.4. The van der Waals surface area contributed by atoms with Gasteiger partial charge < -0.3 is 10.6 Å². The number of pyridine rings is 1. The molecule has 1 saturated carbocycles. The first kappa shape index (κ1) is 23.5. The first-order chi connectivity index (χ1) is 17.3. The van der Waals surface area contributed by atoms with E-state index in [0.29, 0.717) is 32.2 Å². The fourth-order valence-electron chi connectivity index (χ4n) is 5.11. The summed E-state index contributed by atoms with van der Waals surface area (Å²) in [5.74, 6) is -1.76. The fraction of sp³-hybridized carbons (Fsp3) is 0.409. The molecule has 5 rings (SSSR count). The topological polar surface area (TPSA) is 143 Å². The molecule has 1 saturated heterocycles. The third-order valence-electron chi connectivity index (χ3n) is 6.62. The molecular formula is C22H20F3N9O2. The number of halogens is 3. The number of piperidine rings is 1. The molecule has 2 fully saturated rings. The van der Waals surface area contributed by atoms with Gasteiger partial charge in [-0.2, -0.15) is 33.7 Å². The number of aromatic nitrogens is 6. The summed E-state index contributed by atoms with van der Waals surface area (Å²) in [5, 5.41) is 26.4. The average molecular weight is 499 g/mol. The van der Waals surface area contributed by atoms with Crippen LogP contribution in [-0.4, -0.2) is 48.1 Å². The number of fused-ring (bicyclic) bond motifs is 1. The molecule has 0 bridgehead atoms. The highest BCUT2D eigenvalue weighted by Gasteiger charge is 2.46. The third-order valence-corrected chi connectivity index (χ3v) is 6.62. The molecule has 1 aliphatic heterocycles. The molecule has 2 amide bonds. The number of nitrogens with zero attached hydrogens (tertiary/aromatic N) is 7. The second kappa shape index (κ2) is 9.06. The Kier molecular flexibility index (Phi) is 5.91. The van der Waals surface area contributed by atoms with Crippen LogP contribution in [0.1, 0.15) is 53.3 Å². The molecule has 0 spiro atoms. The van der Waals surface area contributed by atoms with Gasteiger partial charge in [0, 0.05) is 12.5 Å². The lowest BCUT2D eigenvalue weighted by atomic mass is 9.72. The standard InChI is InChI=1S/C22H20F3N9O2/c23-22(24,25)18-16(11-31-33(18)17-3-1-2-15-14(17)4-5-27-20(15)35)21(36)32-13-8-12(9-26)19(28-10-13)34-29-6-7-30-34/h6-8,10-11,14-15,17H,1-5H2,(H,27,35)(H,32,36). The van der Waals surface area contributed by atoms with Crippen molar-refractivity contribution in [3.63, 3.8) is 0 Å². The highest BCUT2D eigenvalue weighted by molar-refractivity contribution is 6.05. The van der Waals surface area contributed by atoms with Crippen LogP contribution in [0.2, 0.25) is 0 Å². The SMILES string of the molecule is N#Cc1cc(NC(=O)c2cnn(C3CCCC4C(=O)NCCC43)c2C(F)(F)F)cnc1-n1nccn1. The molecular weight excluding hydrogens is 479 g/mol. The van der Waals surface area contributed by atoms with E-state index in [1.807, 2.05) is 6.07 Å². The predicted octanol–water partition coefficient (Wildman–Crippen LogP) is 2.48. The fourth-order valence-corrected chi connectivity index (χ4v) is 5.11. The Balaban J connectivity index is 1.46. The second-order valence-corrected chi connectivity index (χ2v) is 8.68. The van der Waals surface area contributed by atoms with Crippen molar-refractivity contribution in [2.45, 2.75) is 37.9 Å². The zero-order chi connectivity index (χ0) is 25.4. The van der Waals surface area contributed by atoms with Crippen LogP contribution in [0, 0.1) is 23.2 Å². The summed E-state index contributed by atoms with van der Waals surface area (Å²) in [6, 6.07) is 2.53. The van der Waals surface area contributed by atoms with Crippen LogP contribution in [-0.2, 0) is 11.0 Å². The summed E-state index contributed by atoms with van der Waals surface area (Å²) in [5.41, 5.74) is -1.78. The van der Waals surface area contributed by atoms with Crippen LogP contribution in [0.25, 0.3) is 5.82 Å². The van der Waals surface area contributed by atoms with Gasteiger partial charge in [0.25, 0.3) is 5.91 Å². The van der Waals surface area contributed by atoms with Crippen molar-refractivity contribution in [3.8, 4) is 11.9 Å². The van der Waals surface area contributed by atoms with Crippen molar-refractivity contribution in [3.05, 3.63) is 47.7 Å². The lowest BCUT2D eigenvalue weighted by molar-refractivity contribution is -0.147. The van der Waals surface area contributed by atoms with Gasteiger partial charge in [-0.1, -0.05) is 6.42 Å². The largest absolute Gasteiger partial charge is 0.433 e. The highest BCUT2D eigenvalue weighted by Crippen LogP contribution is 2.44. The van der Waals surface area contributed by atoms with E-state index in [-0.39, 0.29) is 34.8 Å². The van der Waals surface area contributed by atoms with E-state index >= 15 is 0 Å². The molecule has 3 aromatic heterocycles. The number of anilines is 1. The first-order valence-electron chi connectivity index (χ1n) is 11.3. The summed E-state index contributed by atoms with van der Waals surface area (Å²) in [7, 11) is 0. The van der Waals surface area contributed by atoms with Crippen LogP contribution in [0.15, 0.2) is 30.9 Å². The van der Waals surface area contributed by atoms with Crippen molar-refractivity contribution < 1.29 is 22.8 Å². The van der Waals surface area contributed by atoms with Crippen molar-refractivity contribution in [2.75, 3.05) is 11.9 Å². The molecule has 14 heteroatoms. The maximum Gasteiger partial charge on any atom is 0.433 e. The molecule has 2 N–H and O–H groups in total. The van der Waals surface area contributed by atoms with Gasteiger partial charge in [0.15, 0.2) is 11.5 Å². The normalized spacial score (nSPS) is 21.8. The smallest absolute Gasteiger partial charge is 0.356 e. The number of alkyl halides is 3. The Bertz CT molecular complexity index is 1340. The Hall–Kier alpha value is -4.28. The van der Waals surface area contributed by atoms with Gasteiger partial charge in [-0.15, -0.1) is 4.80 Å². The first-order valence-corrected chi connectivity index (χ1v) is 11.3. The summed E-state index contributed by atoms with van der Waals surface area (Å²) in [6.45, 7) is 0.394. The van der Waals surface area contributed by atoms with Gasteiger partial charge in [0.05, 0.1) is 42.1 Å². The molecule has 11 nitrogen and oxygen atoms in total. The molecule has 0 radical (unpaired) electrons. The van der Waals surface area contributed by atoms with Gasteiger partial charge in [-0.3, -0.25) is 14.3 Å². The summed E-state index contributed by atoms with van der Waals surface area (Å²) in [6.07, 6.45) is 2.18. The number of nitriles is 1. The molecule has 0 aromatic carbocycles. The van der Waals surface area contributed by atoms with Crippen LogP contribution < -0.4 is 10.6 Å². The molecule has 3 aromatic rings. The van der Waals surface area contributed by atoms with Crippen molar-refractivity contribution in [1.82, 2.24) is 35.1 Å². The number of carbonyl (C=O) groups excluding carboxylic acids is 2. The predicted molar refractivity (Wildman–Crippen MR) is 117 cm³/mol.